The van der Waals surface area contributed by atoms with Gasteiger partial charge in [-0.1, -0.05) is 12.1 Å². The summed E-state index contributed by atoms with van der Waals surface area (Å²) in [5, 5.41) is 5.31. The molecule has 0 aliphatic carbocycles. The lowest BCUT2D eigenvalue weighted by molar-refractivity contribution is -0.116. The molecule has 0 saturated heterocycles. The lowest BCUT2D eigenvalue weighted by Gasteiger charge is -2.07. The molecule has 2 amide bonds. The summed E-state index contributed by atoms with van der Waals surface area (Å²) < 4.78 is 4.91. The molecule has 7 heteroatoms. The summed E-state index contributed by atoms with van der Waals surface area (Å²) in [6.45, 7) is 3.43. The fraction of sp³-hybridized carbons (Fsp3) is 0.222. The maximum Gasteiger partial charge on any atom is 0.338 e. The molecule has 25 heavy (non-hydrogen) atoms. The topological polar surface area (TPSA) is 97.4 Å². The average molecular weight is 341 g/mol. The average Bonchev–Trinajstić information content (AvgIpc) is 2.56. The predicted molar refractivity (Wildman–Crippen MR) is 93.3 cm³/mol. The second kappa shape index (κ2) is 8.58. The molecule has 130 valence electrons. The molecular formula is C18H19N3O4. The zero-order chi connectivity index (χ0) is 18.2. The van der Waals surface area contributed by atoms with Crippen LogP contribution < -0.4 is 10.6 Å². The molecule has 2 N–H and O–H groups in total. The number of esters is 1. The van der Waals surface area contributed by atoms with E-state index in [1.807, 2.05) is 0 Å². The Morgan fingerprint density at radius 1 is 1.08 bits per heavy atom. The predicted octanol–water partition coefficient (Wildman–Crippen LogP) is 2.40. The summed E-state index contributed by atoms with van der Waals surface area (Å²) >= 11 is 0. The molecule has 0 spiro atoms. The highest BCUT2D eigenvalue weighted by Gasteiger charge is 2.10. The molecule has 2 rings (SSSR count). The lowest BCUT2D eigenvalue weighted by Crippen LogP contribution is -2.16. The third-order valence-electron chi connectivity index (χ3n) is 3.18. The number of ether oxygens (including phenoxy) is 1. The van der Waals surface area contributed by atoms with Crippen molar-refractivity contribution in [2.24, 2.45) is 0 Å². The van der Waals surface area contributed by atoms with Gasteiger partial charge in [-0.2, -0.15) is 0 Å². The summed E-state index contributed by atoms with van der Waals surface area (Å²) in [6.07, 6.45) is 1.58. The zero-order valence-electron chi connectivity index (χ0n) is 14.0. The summed E-state index contributed by atoms with van der Waals surface area (Å²) in [7, 11) is 0. The van der Waals surface area contributed by atoms with Crippen molar-refractivity contribution >= 4 is 29.3 Å². The number of rotatable bonds is 6. The van der Waals surface area contributed by atoms with E-state index in [1.165, 1.54) is 25.3 Å². The maximum atomic E-state index is 12.1. The van der Waals surface area contributed by atoms with Crippen LogP contribution in [0.3, 0.4) is 0 Å². The highest BCUT2D eigenvalue weighted by Crippen LogP contribution is 2.12. The van der Waals surface area contributed by atoms with Crippen LogP contribution in [-0.4, -0.2) is 29.4 Å². The van der Waals surface area contributed by atoms with Gasteiger partial charge in [-0.25, -0.2) is 9.78 Å². The van der Waals surface area contributed by atoms with Gasteiger partial charge in [0.1, 0.15) is 5.82 Å². The van der Waals surface area contributed by atoms with Crippen molar-refractivity contribution in [3.63, 3.8) is 0 Å². The first kappa shape index (κ1) is 18.1. The van der Waals surface area contributed by atoms with Crippen molar-refractivity contribution < 1.29 is 19.1 Å². The van der Waals surface area contributed by atoms with E-state index in [0.29, 0.717) is 11.3 Å². The standard InChI is InChI=1S/C18H19N3O4/c1-3-25-18(24)14-8-9-19-16(11-14)21-17(23)10-13-4-6-15(7-5-13)20-12(2)22/h4-9,11H,3,10H2,1-2H3,(H,20,22)(H,19,21,23). The Labute approximate surface area is 145 Å². The second-order valence-corrected chi connectivity index (χ2v) is 5.25. The fourth-order valence-electron chi connectivity index (χ4n) is 2.12. The maximum absolute atomic E-state index is 12.1. The lowest BCUT2D eigenvalue weighted by atomic mass is 10.1. The van der Waals surface area contributed by atoms with Crippen molar-refractivity contribution in [1.82, 2.24) is 4.98 Å². The Balaban J connectivity index is 1.97. The van der Waals surface area contributed by atoms with Crippen LogP contribution in [0.25, 0.3) is 0 Å². The first-order chi connectivity index (χ1) is 12.0. The number of nitrogens with zero attached hydrogens (tertiary/aromatic N) is 1. The first-order valence-electron chi connectivity index (χ1n) is 7.77. The number of hydrogen-bond donors (Lipinski definition) is 2. The Morgan fingerprint density at radius 3 is 2.44 bits per heavy atom. The minimum absolute atomic E-state index is 0.145. The van der Waals surface area contributed by atoms with E-state index in [-0.39, 0.29) is 30.7 Å². The number of carbonyl (C=O) groups is 3. The van der Waals surface area contributed by atoms with Gasteiger partial charge in [0.15, 0.2) is 0 Å². The van der Waals surface area contributed by atoms with Gasteiger partial charge in [-0.3, -0.25) is 9.59 Å². The van der Waals surface area contributed by atoms with E-state index in [0.717, 1.165) is 5.56 Å². The molecule has 1 aromatic heterocycles. The number of aromatic nitrogens is 1. The molecule has 7 nitrogen and oxygen atoms in total. The van der Waals surface area contributed by atoms with Crippen LogP contribution in [0.1, 0.15) is 29.8 Å². The molecule has 0 saturated carbocycles. The number of carbonyl (C=O) groups excluding carboxylic acids is 3. The number of anilines is 2. The van der Waals surface area contributed by atoms with Crippen LogP contribution in [-0.2, 0) is 20.7 Å². The summed E-state index contributed by atoms with van der Waals surface area (Å²) in [5.74, 6) is -0.599. The van der Waals surface area contributed by atoms with E-state index in [9.17, 15) is 14.4 Å². The highest BCUT2D eigenvalue weighted by molar-refractivity contribution is 5.94. The van der Waals surface area contributed by atoms with E-state index < -0.39 is 5.97 Å². The van der Waals surface area contributed by atoms with Crippen molar-refractivity contribution in [2.45, 2.75) is 20.3 Å². The number of hydrogen-bond acceptors (Lipinski definition) is 5. The van der Waals surface area contributed by atoms with Gasteiger partial charge in [0.05, 0.1) is 18.6 Å². The fourth-order valence-corrected chi connectivity index (χ4v) is 2.12. The molecule has 1 heterocycles. The Kier molecular flexibility index (Phi) is 6.22. The number of pyridine rings is 1. The van der Waals surface area contributed by atoms with Crippen LogP contribution in [0.15, 0.2) is 42.6 Å². The quantitative estimate of drug-likeness (QED) is 0.786. The Bertz CT molecular complexity index is 772. The second-order valence-electron chi connectivity index (χ2n) is 5.25. The van der Waals surface area contributed by atoms with Gasteiger partial charge < -0.3 is 15.4 Å². The summed E-state index contributed by atoms with van der Waals surface area (Å²) in [6, 6.07) is 9.96. The Morgan fingerprint density at radius 2 is 1.80 bits per heavy atom. The van der Waals surface area contributed by atoms with Crippen molar-refractivity contribution in [2.75, 3.05) is 17.2 Å². The zero-order valence-corrected chi connectivity index (χ0v) is 14.0. The van der Waals surface area contributed by atoms with E-state index >= 15 is 0 Å². The molecule has 0 atom stereocenters. The number of benzene rings is 1. The molecule has 2 aromatic rings. The third-order valence-corrected chi connectivity index (χ3v) is 3.18. The van der Waals surface area contributed by atoms with Crippen molar-refractivity contribution in [3.8, 4) is 0 Å². The van der Waals surface area contributed by atoms with Gasteiger partial charge in [0.25, 0.3) is 0 Å². The van der Waals surface area contributed by atoms with Crippen LogP contribution in [0.5, 0.6) is 0 Å². The smallest absolute Gasteiger partial charge is 0.338 e. The summed E-state index contributed by atoms with van der Waals surface area (Å²) in [4.78, 5) is 38.8. The monoisotopic (exact) mass is 341 g/mol. The van der Waals surface area contributed by atoms with E-state index in [4.69, 9.17) is 4.74 Å². The number of nitrogens with one attached hydrogen (secondary N) is 2. The van der Waals surface area contributed by atoms with Gasteiger partial charge in [0.2, 0.25) is 11.8 Å². The first-order valence-corrected chi connectivity index (χ1v) is 7.77. The molecule has 0 bridgehead atoms. The normalized spacial score (nSPS) is 10.0. The van der Waals surface area contributed by atoms with Gasteiger partial charge in [-0.15, -0.1) is 0 Å². The van der Waals surface area contributed by atoms with Gasteiger partial charge in [0, 0.05) is 18.8 Å². The molecule has 0 unspecified atom stereocenters. The van der Waals surface area contributed by atoms with Crippen LogP contribution in [0.2, 0.25) is 0 Å². The van der Waals surface area contributed by atoms with E-state index in [2.05, 4.69) is 15.6 Å². The molecular weight excluding hydrogens is 322 g/mol. The van der Waals surface area contributed by atoms with Crippen LogP contribution >= 0.6 is 0 Å². The molecule has 0 radical (unpaired) electrons. The Hall–Kier alpha value is -3.22. The van der Waals surface area contributed by atoms with Crippen molar-refractivity contribution in [3.05, 3.63) is 53.7 Å². The molecule has 0 aliphatic rings. The van der Waals surface area contributed by atoms with E-state index in [1.54, 1.807) is 31.2 Å². The highest BCUT2D eigenvalue weighted by atomic mass is 16.5. The molecule has 0 fully saturated rings. The van der Waals surface area contributed by atoms with Crippen molar-refractivity contribution in [1.29, 1.82) is 0 Å². The van der Waals surface area contributed by atoms with Gasteiger partial charge in [-0.05, 0) is 36.8 Å². The largest absolute Gasteiger partial charge is 0.462 e. The minimum Gasteiger partial charge on any atom is -0.462 e. The SMILES string of the molecule is CCOC(=O)c1ccnc(NC(=O)Cc2ccc(NC(C)=O)cc2)c1. The molecule has 1 aromatic carbocycles. The summed E-state index contributed by atoms with van der Waals surface area (Å²) in [5.41, 5.74) is 1.78. The third kappa shape index (κ3) is 5.72. The van der Waals surface area contributed by atoms with Crippen LogP contribution in [0, 0.1) is 0 Å². The minimum atomic E-state index is -0.464. The van der Waals surface area contributed by atoms with Crippen LogP contribution in [0.4, 0.5) is 11.5 Å². The molecule has 0 aliphatic heterocycles. The van der Waals surface area contributed by atoms with Gasteiger partial charge >= 0.3 is 5.97 Å². The number of amides is 2.